The fourth-order valence-electron chi connectivity index (χ4n) is 2.23. The van der Waals surface area contributed by atoms with Gasteiger partial charge in [-0.1, -0.05) is 32.0 Å². The van der Waals surface area contributed by atoms with Gasteiger partial charge in [-0.25, -0.2) is 0 Å². The van der Waals surface area contributed by atoms with E-state index in [1.165, 1.54) is 5.56 Å². The summed E-state index contributed by atoms with van der Waals surface area (Å²) in [6.07, 6.45) is 2.05. The Bertz CT molecular complexity index is 755. The molecular weight excluding hydrogens is 332 g/mol. The van der Waals surface area contributed by atoms with E-state index in [0.29, 0.717) is 16.9 Å². The van der Waals surface area contributed by atoms with E-state index in [1.807, 2.05) is 57.2 Å². The monoisotopic (exact) mass is 356 g/mol. The van der Waals surface area contributed by atoms with Crippen molar-refractivity contribution in [3.8, 4) is 0 Å². The van der Waals surface area contributed by atoms with Crippen molar-refractivity contribution in [2.45, 2.75) is 26.5 Å². The molecule has 0 aliphatic carbocycles. The van der Waals surface area contributed by atoms with Crippen LogP contribution in [0.15, 0.2) is 42.5 Å². The largest absolute Gasteiger partial charge is 0.326 e. The van der Waals surface area contributed by atoms with Gasteiger partial charge in [-0.15, -0.1) is 0 Å². The zero-order valence-corrected chi connectivity index (χ0v) is 15.9. The van der Waals surface area contributed by atoms with Crippen LogP contribution in [-0.4, -0.2) is 18.1 Å². The van der Waals surface area contributed by atoms with Gasteiger partial charge in [0.05, 0.1) is 0 Å². The van der Waals surface area contributed by atoms with Crippen LogP contribution in [0.4, 0.5) is 11.4 Å². The SMILES string of the molecule is CSCc1ccc(C(=O)Nc2cc(NC(=O)C(C)C)ccc2C)cc1. The number of nitrogens with one attached hydrogen (secondary N) is 2. The average molecular weight is 356 g/mol. The smallest absolute Gasteiger partial charge is 0.255 e. The minimum Gasteiger partial charge on any atom is -0.326 e. The van der Waals surface area contributed by atoms with Crippen LogP contribution in [0.5, 0.6) is 0 Å². The Morgan fingerprint density at radius 1 is 1.04 bits per heavy atom. The van der Waals surface area contributed by atoms with Crippen molar-refractivity contribution in [3.63, 3.8) is 0 Å². The molecule has 0 aromatic heterocycles. The van der Waals surface area contributed by atoms with Crippen molar-refractivity contribution in [3.05, 3.63) is 59.2 Å². The Morgan fingerprint density at radius 3 is 2.32 bits per heavy atom. The Balaban J connectivity index is 2.12. The molecule has 4 nitrogen and oxygen atoms in total. The van der Waals surface area contributed by atoms with Gasteiger partial charge in [-0.05, 0) is 48.6 Å². The van der Waals surface area contributed by atoms with E-state index in [1.54, 1.807) is 17.8 Å². The fourth-order valence-corrected chi connectivity index (χ4v) is 2.76. The summed E-state index contributed by atoms with van der Waals surface area (Å²) in [7, 11) is 0. The summed E-state index contributed by atoms with van der Waals surface area (Å²) in [6.45, 7) is 5.60. The molecule has 132 valence electrons. The molecule has 0 unspecified atom stereocenters. The molecule has 0 atom stereocenters. The second-order valence-electron chi connectivity index (χ2n) is 6.26. The highest BCUT2D eigenvalue weighted by atomic mass is 32.2. The number of aryl methyl sites for hydroxylation is 1. The number of thioether (sulfide) groups is 1. The molecule has 0 radical (unpaired) electrons. The second kappa shape index (κ2) is 8.72. The summed E-state index contributed by atoms with van der Waals surface area (Å²) >= 11 is 1.75. The third-order valence-electron chi connectivity index (χ3n) is 3.80. The van der Waals surface area contributed by atoms with E-state index >= 15 is 0 Å². The molecule has 2 aromatic carbocycles. The van der Waals surface area contributed by atoms with Gasteiger partial charge in [0.15, 0.2) is 0 Å². The standard InChI is InChI=1S/C20H24N2O2S/c1-13(2)19(23)21-17-10-5-14(3)18(11-17)22-20(24)16-8-6-15(7-9-16)12-25-4/h5-11,13H,12H2,1-4H3,(H,21,23)(H,22,24). The number of hydrogen-bond acceptors (Lipinski definition) is 3. The lowest BCUT2D eigenvalue weighted by Crippen LogP contribution is -2.18. The molecule has 0 spiro atoms. The molecule has 0 saturated carbocycles. The van der Waals surface area contributed by atoms with Gasteiger partial charge < -0.3 is 10.6 Å². The fraction of sp³-hybridized carbons (Fsp3) is 0.300. The highest BCUT2D eigenvalue weighted by Crippen LogP contribution is 2.22. The molecule has 0 aliphatic heterocycles. The molecule has 5 heteroatoms. The van der Waals surface area contributed by atoms with Crippen LogP contribution in [0.1, 0.15) is 35.3 Å². The van der Waals surface area contributed by atoms with Crippen LogP contribution < -0.4 is 10.6 Å². The molecule has 2 rings (SSSR count). The molecule has 2 amide bonds. The van der Waals surface area contributed by atoms with Crippen LogP contribution in [0.3, 0.4) is 0 Å². The predicted octanol–water partition coefficient (Wildman–Crippen LogP) is 4.70. The van der Waals surface area contributed by atoms with Crippen LogP contribution in [0, 0.1) is 12.8 Å². The van der Waals surface area contributed by atoms with Crippen molar-refractivity contribution in [2.24, 2.45) is 5.92 Å². The first-order valence-corrected chi connectivity index (χ1v) is 9.61. The zero-order valence-electron chi connectivity index (χ0n) is 15.1. The van der Waals surface area contributed by atoms with E-state index in [-0.39, 0.29) is 17.7 Å². The minimum atomic E-state index is -0.161. The van der Waals surface area contributed by atoms with Gasteiger partial charge >= 0.3 is 0 Å². The summed E-state index contributed by atoms with van der Waals surface area (Å²) in [6, 6.07) is 13.1. The third kappa shape index (κ3) is 5.36. The lowest BCUT2D eigenvalue weighted by atomic mass is 10.1. The summed E-state index contributed by atoms with van der Waals surface area (Å²) in [4.78, 5) is 24.3. The van der Waals surface area contributed by atoms with Gasteiger partial charge in [-0.3, -0.25) is 9.59 Å². The lowest BCUT2D eigenvalue weighted by molar-refractivity contribution is -0.118. The third-order valence-corrected chi connectivity index (χ3v) is 4.43. The molecule has 0 saturated heterocycles. The summed E-state index contributed by atoms with van der Waals surface area (Å²) < 4.78 is 0. The van der Waals surface area contributed by atoms with Crippen molar-refractivity contribution in [2.75, 3.05) is 16.9 Å². The first-order valence-electron chi connectivity index (χ1n) is 8.21. The van der Waals surface area contributed by atoms with Gasteiger partial charge in [0.1, 0.15) is 0 Å². The number of rotatable bonds is 6. The molecule has 0 heterocycles. The zero-order chi connectivity index (χ0) is 18.4. The average Bonchev–Trinajstić information content (AvgIpc) is 2.58. The van der Waals surface area contributed by atoms with Crippen molar-refractivity contribution >= 4 is 35.0 Å². The quantitative estimate of drug-likeness (QED) is 0.788. The maximum absolute atomic E-state index is 12.5. The van der Waals surface area contributed by atoms with Crippen LogP contribution in [-0.2, 0) is 10.5 Å². The van der Waals surface area contributed by atoms with E-state index < -0.39 is 0 Å². The molecule has 2 N–H and O–H groups in total. The number of carbonyl (C=O) groups is 2. The van der Waals surface area contributed by atoms with Crippen LogP contribution in [0.2, 0.25) is 0 Å². The molecule has 25 heavy (non-hydrogen) atoms. The Morgan fingerprint density at radius 2 is 1.72 bits per heavy atom. The normalized spacial score (nSPS) is 10.6. The first-order chi connectivity index (χ1) is 11.9. The van der Waals surface area contributed by atoms with E-state index in [2.05, 4.69) is 16.9 Å². The molecule has 0 aliphatic rings. The molecular formula is C20H24N2O2S. The van der Waals surface area contributed by atoms with E-state index in [4.69, 9.17) is 0 Å². The summed E-state index contributed by atoms with van der Waals surface area (Å²) in [5.41, 5.74) is 4.11. The number of anilines is 2. The Hall–Kier alpha value is -2.27. The number of amides is 2. The van der Waals surface area contributed by atoms with Gasteiger partial charge in [0.25, 0.3) is 5.91 Å². The van der Waals surface area contributed by atoms with Crippen molar-refractivity contribution in [1.29, 1.82) is 0 Å². The molecule has 0 bridgehead atoms. The number of carbonyl (C=O) groups excluding carboxylic acids is 2. The minimum absolute atomic E-state index is 0.0505. The van der Waals surface area contributed by atoms with Crippen molar-refractivity contribution < 1.29 is 9.59 Å². The topological polar surface area (TPSA) is 58.2 Å². The highest BCUT2D eigenvalue weighted by molar-refractivity contribution is 7.97. The second-order valence-corrected chi connectivity index (χ2v) is 7.12. The van der Waals surface area contributed by atoms with Crippen LogP contribution >= 0.6 is 11.8 Å². The molecule has 2 aromatic rings. The van der Waals surface area contributed by atoms with E-state index in [9.17, 15) is 9.59 Å². The maximum Gasteiger partial charge on any atom is 0.255 e. The van der Waals surface area contributed by atoms with Crippen LogP contribution in [0.25, 0.3) is 0 Å². The predicted molar refractivity (Wildman–Crippen MR) is 106 cm³/mol. The first kappa shape index (κ1) is 19.1. The Kier molecular flexibility index (Phi) is 6.65. The number of benzene rings is 2. The lowest BCUT2D eigenvalue weighted by Gasteiger charge is -2.13. The highest BCUT2D eigenvalue weighted by Gasteiger charge is 2.11. The molecule has 0 fully saturated rings. The van der Waals surface area contributed by atoms with Gasteiger partial charge in [0.2, 0.25) is 5.91 Å². The summed E-state index contributed by atoms with van der Waals surface area (Å²) in [5.74, 6) is 0.620. The van der Waals surface area contributed by atoms with E-state index in [0.717, 1.165) is 11.3 Å². The van der Waals surface area contributed by atoms with Gasteiger partial charge in [-0.2, -0.15) is 11.8 Å². The van der Waals surface area contributed by atoms with Crippen molar-refractivity contribution in [1.82, 2.24) is 0 Å². The summed E-state index contributed by atoms with van der Waals surface area (Å²) in [5, 5.41) is 5.78. The maximum atomic E-state index is 12.5. The number of hydrogen-bond donors (Lipinski definition) is 2. The Labute approximate surface area is 153 Å². The van der Waals surface area contributed by atoms with Gasteiger partial charge in [0, 0.05) is 28.6 Å².